The minimum absolute atomic E-state index is 0.0168. The standard InChI is InChI=1S/C20H29Cl2N3O4S/c21-18-3-1-4-19(22)17(18)15-30(27,28)25-9-5-16(6-10-25)20(26)23-7-2-8-24-11-13-29-14-12-24/h1,3-4,16H,2,5-15H2,(H,23,26). The lowest BCUT2D eigenvalue weighted by molar-refractivity contribution is -0.126. The molecule has 0 aromatic heterocycles. The number of halogens is 2. The Bertz CT molecular complexity index is 803. The summed E-state index contributed by atoms with van der Waals surface area (Å²) in [5.41, 5.74) is 0.418. The number of hydrogen-bond acceptors (Lipinski definition) is 5. The topological polar surface area (TPSA) is 79.0 Å². The summed E-state index contributed by atoms with van der Waals surface area (Å²) in [6, 6.07) is 4.95. The molecule has 1 aromatic rings. The maximum absolute atomic E-state index is 12.8. The number of hydrogen-bond donors (Lipinski definition) is 1. The molecule has 1 amide bonds. The minimum Gasteiger partial charge on any atom is -0.379 e. The van der Waals surface area contributed by atoms with Crippen molar-refractivity contribution >= 4 is 39.1 Å². The SMILES string of the molecule is O=C(NCCCN1CCOCC1)C1CCN(S(=O)(=O)Cc2c(Cl)cccc2Cl)CC1. The summed E-state index contributed by atoms with van der Waals surface area (Å²) >= 11 is 12.2. The molecule has 2 heterocycles. The summed E-state index contributed by atoms with van der Waals surface area (Å²) in [5, 5.41) is 3.69. The van der Waals surface area contributed by atoms with E-state index in [1.165, 1.54) is 4.31 Å². The predicted molar refractivity (Wildman–Crippen MR) is 118 cm³/mol. The molecule has 2 aliphatic heterocycles. The third kappa shape index (κ3) is 6.55. The van der Waals surface area contributed by atoms with Crippen molar-refractivity contribution < 1.29 is 17.9 Å². The second-order valence-corrected chi connectivity index (χ2v) is 10.5. The second kappa shape index (κ2) is 11.1. The van der Waals surface area contributed by atoms with Crippen LogP contribution in [0, 0.1) is 5.92 Å². The number of rotatable bonds is 8. The number of nitrogens with one attached hydrogen (secondary N) is 1. The second-order valence-electron chi connectivity index (χ2n) is 7.73. The molecule has 1 N–H and O–H groups in total. The van der Waals surface area contributed by atoms with Crippen LogP contribution in [0.1, 0.15) is 24.8 Å². The Morgan fingerprint density at radius 3 is 2.37 bits per heavy atom. The van der Waals surface area contributed by atoms with Gasteiger partial charge in [0.1, 0.15) is 0 Å². The largest absolute Gasteiger partial charge is 0.379 e. The minimum atomic E-state index is -3.55. The van der Waals surface area contributed by atoms with Crippen molar-refractivity contribution in [2.45, 2.75) is 25.0 Å². The molecule has 3 rings (SSSR count). The van der Waals surface area contributed by atoms with Crippen LogP contribution in [-0.2, 0) is 25.3 Å². The summed E-state index contributed by atoms with van der Waals surface area (Å²) in [7, 11) is -3.55. The van der Waals surface area contributed by atoms with Crippen molar-refractivity contribution in [2.75, 3.05) is 52.5 Å². The van der Waals surface area contributed by atoms with Crippen LogP contribution in [-0.4, -0.2) is 76.0 Å². The lowest BCUT2D eigenvalue weighted by atomic mass is 9.97. The molecular formula is C20H29Cl2N3O4S. The Hall–Kier alpha value is -0.900. The van der Waals surface area contributed by atoms with Gasteiger partial charge in [-0.25, -0.2) is 12.7 Å². The molecule has 168 valence electrons. The van der Waals surface area contributed by atoms with Crippen LogP contribution in [0.25, 0.3) is 0 Å². The highest BCUT2D eigenvalue weighted by Crippen LogP contribution is 2.28. The van der Waals surface area contributed by atoms with Gasteiger partial charge in [0.15, 0.2) is 0 Å². The molecule has 2 fully saturated rings. The summed E-state index contributed by atoms with van der Waals surface area (Å²) in [6.07, 6.45) is 1.94. The predicted octanol–water partition coefficient (Wildman–Crippen LogP) is 2.37. The number of amides is 1. The van der Waals surface area contributed by atoms with E-state index in [2.05, 4.69) is 10.2 Å². The van der Waals surface area contributed by atoms with Crippen LogP contribution in [0.4, 0.5) is 0 Å². The van der Waals surface area contributed by atoms with Gasteiger partial charge in [-0.15, -0.1) is 0 Å². The number of sulfonamides is 1. The third-order valence-corrected chi connectivity index (χ3v) is 8.17. The van der Waals surface area contributed by atoms with E-state index in [1.807, 2.05) is 0 Å². The highest BCUT2D eigenvalue weighted by molar-refractivity contribution is 7.88. The Balaban J connectivity index is 1.41. The van der Waals surface area contributed by atoms with Gasteiger partial charge in [0.2, 0.25) is 15.9 Å². The number of nitrogens with zero attached hydrogens (tertiary/aromatic N) is 2. The zero-order chi connectivity index (χ0) is 21.6. The molecule has 1 aromatic carbocycles. The average molecular weight is 478 g/mol. The van der Waals surface area contributed by atoms with Crippen LogP contribution >= 0.6 is 23.2 Å². The van der Waals surface area contributed by atoms with E-state index in [4.69, 9.17) is 27.9 Å². The van der Waals surface area contributed by atoms with Gasteiger partial charge < -0.3 is 10.1 Å². The molecule has 0 saturated carbocycles. The Kier molecular flexibility index (Phi) is 8.80. The van der Waals surface area contributed by atoms with Crippen molar-refractivity contribution in [3.8, 4) is 0 Å². The summed E-state index contributed by atoms with van der Waals surface area (Å²) in [6.45, 7) is 5.69. The van der Waals surface area contributed by atoms with E-state index in [0.29, 0.717) is 48.1 Å². The number of carbonyl (C=O) groups is 1. The smallest absolute Gasteiger partial charge is 0.223 e. The first-order chi connectivity index (χ1) is 14.4. The normalized spacial score (nSPS) is 19.7. The van der Waals surface area contributed by atoms with E-state index < -0.39 is 10.0 Å². The third-order valence-electron chi connectivity index (χ3n) is 5.66. The first-order valence-corrected chi connectivity index (χ1v) is 12.7. The van der Waals surface area contributed by atoms with Gasteiger partial charge in [0.25, 0.3) is 0 Å². The number of ether oxygens (including phenoxy) is 1. The fraction of sp³-hybridized carbons (Fsp3) is 0.650. The van der Waals surface area contributed by atoms with Gasteiger partial charge in [-0.3, -0.25) is 9.69 Å². The molecule has 0 radical (unpaired) electrons. The van der Waals surface area contributed by atoms with Gasteiger partial charge in [-0.05, 0) is 37.9 Å². The molecule has 30 heavy (non-hydrogen) atoms. The molecule has 0 spiro atoms. The van der Waals surface area contributed by atoms with Gasteiger partial charge in [-0.1, -0.05) is 29.3 Å². The van der Waals surface area contributed by atoms with Crippen molar-refractivity contribution in [1.29, 1.82) is 0 Å². The van der Waals surface area contributed by atoms with Crippen molar-refractivity contribution in [3.05, 3.63) is 33.8 Å². The molecule has 0 aliphatic carbocycles. The average Bonchev–Trinajstić information content (AvgIpc) is 2.75. The number of morpholine rings is 1. The van der Waals surface area contributed by atoms with Crippen molar-refractivity contribution in [1.82, 2.24) is 14.5 Å². The zero-order valence-electron chi connectivity index (χ0n) is 17.0. The highest BCUT2D eigenvalue weighted by Gasteiger charge is 2.31. The first-order valence-electron chi connectivity index (χ1n) is 10.4. The molecule has 0 bridgehead atoms. The van der Waals surface area contributed by atoms with Crippen LogP contribution in [0.2, 0.25) is 10.0 Å². The van der Waals surface area contributed by atoms with Crippen LogP contribution < -0.4 is 5.32 Å². The lowest BCUT2D eigenvalue weighted by Crippen LogP contribution is -2.44. The molecule has 0 atom stereocenters. The van der Waals surface area contributed by atoms with Crippen LogP contribution in [0.5, 0.6) is 0 Å². The zero-order valence-corrected chi connectivity index (χ0v) is 19.3. The Labute approximate surface area is 188 Å². The van der Waals surface area contributed by atoms with Crippen LogP contribution in [0.15, 0.2) is 18.2 Å². The first kappa shape index (κ1) is 23.8. The molecule has 2 aliphatic rings. The summed E-state index contributed by atoms with van der Waals surface area (Å²) < 4.78 is 32.4. The summed E-state index contributed by atoms with van der Waals surface area (Å²) in [4.78, 5) is 14.8. The summed E-state index contributed by atoms with van der Waals surface area (Å²) in [5.74, 6) is -0.365. The molecular weight excluding hydrogens is 449 g/mol. The van der Waals surface area contributed by atoms with Crippen molar-refractivity contribution in [2.24, 2.45) is 5.92 Å². The van der Waals surface area contributed by atoms with Gasteiger partial charge in [-0.2, -0.15) is 0 Å². The van der Waals surface area contributed by atoms with E-state index in [9.17, 15) is 13.2 Å². The Morgan fingerprint density at radius 1 is 1.10 bits per heavy atom. The van der Waals surface area contributed by atoms with E-state index in [-0.39, 0.29) is 17.6 Å². The molecule has 2 saturated heterocycles. The monoisotopic (exact) mass is 477 g/mol. The fourth-order valence-electron chi connectivity index (χ4n) is 3.82. The molecule has 0 unspecified atom stereocenters. The van der Waals surface area contributed by atoms with Crippen molar-refractivity contribution in [3.63, 3.8) is 0 Å². The van der Waals surface area contributed by atoms with E-state index in [0.717, 1.165) is 39.3 Å². The van der Waals surface area contributed by atoms with E-state index >= 15 is 0 Å². The maximum atomic E-state index is 12.8. The fourth-order valence-corrected chi connectivity index (χ4v) is 6.14. The molecule has 10 heteroatoms. The number of piperidine rings is 1. The van der Waals surface area contributed by atoms with Crippen LogP contribution in [0.3, 0.4) is 0 Å². The maximum Gasteiger partial charge on any atom is 0.223 e. The van der Waals surface area contributed by atoms with Gasteiger partial charge >= 0.3 is 0 Å². The lowest BCUT2D eigenvalue weighted by Gasteiger charge is -2.31. The Morgan fingerprint density at radius 2 is 1.73 bits per heavy atom. The van der Waals surface area contributed by atoms with Gasteiger partial charge in [0, 0.05) is 54.3 Å². The quantitative estimate of drug-likeness (QED) is 0.581. The van der Waals surface area contributed by atoms with Gasteiger partial charge in [0.05, 0.1) is 19.0 Å². The number of carbonyl (C=O) groups excluding carboxylic acids is 1. The van der Waals surface area contributed by atoms with E-state index in [1.54, 1.807) is 18.2 Å². The highest BCUT2D eigenvalue weighted by atomic mass is 35.5. The number of benzene rings is 1. The molecule has 7 nitrogen and oxygen atoms in total.